The van der Waals surface area contributed by atoms with Crippen molar-refractivity contribution >= 4 is 17.8 Å². The van der Waals surface area contributed by atoms with Gasteiger partial charge >= 0.3 is 0 Å². The van der Waals surface area contributed by atoms with Crippen LogP contribution < -0.4 is 16.0 Å². The molecule has 0 aromatic carbocycles. The average molecular weight is 278 g/mol. The van der Waals surface area contributed by atoms with E-state index in [-0.39, 0.29) is 17.6 Å². The van der Waals surface area contributed by atoms with Gasteiger partial charge in [0.25, 0.3) is 0 Å². The smallest absolute Gasteiger partial charge is 0.231 e. The Morgan fingerprint density at radius 1 is 1.30 bits per heavy atom. The van der Waals surface area contributed by atoms with Crippen molar-refractivity contribution in [1.29, 1.82) is 0 Å². The van der Waals surface area contributed by atoms with Crippen LogP contribution in [0.5, 0.6) is 0 Å². The van der Waals surface area contributed by atoms with Crippen LogP contribution in [-0.4, -0.2) is 46.3 Å². The first-order valence-electron chi connectivity index (χ1n) is 7.23. The maximum atomic E-state index is 5.82. The molecule has 2 fully saturated rings. The standard InChI is InChI=1S/C13H22N6O/c1-9-13(2,5-8-20-9)18-11-15-10(14)16-12(17-11)19-6-3-4-7-19/h9H,3-8H2,1-2H3,(H3,14,15,16,17,18). The summed E-state index contributed by atoms with van der Waals surface area (Å²) in [4.78, 5) is 15.1. The van der Waals surface area contributed by atoms with Gasteiger partial charge in [-0.25, -0.2) is 0 Å². The molecule has 0 amide bonds. The summed E-state index contributed by atoms with van der Waals surface area (Å²) < 4.78 is 5.63. The number of aromatic nitrogens is 3. The lowest BCUT2D eigenvalue weighted by molar-refractivity contribution is 0.105. The molecule has 0 spiro atoms. The zero-order valence-corrected chi connectivity index (χ0v) is 12.1. The highest BCUT2D eigenvalue weighted by Crippen LogP contribution is 2.29. The average Bonchev–Trinajstić information content (AvgIpc) is 3.00. The second-order valence-electron chi connectivity index (χ2n) is 5.82. The van der Waals surface area contributed by atoms with Crippen LogP contribution in [0.1, 0.15) is 33.1 Å². The summed E-state index contributed by atoms with van der Waals surface area (Å²) in [5.41, 5.74) is 5.66. The van der Waals surface area contributed by atoms with Gasteiger partial charge in [-0.1, -0.05) is 0 Å². The number of anilines is 3. The van der Waals surface area contributed by atoms with Gasteiger partial charge < -0.3 is 20.7 Å². The molecule has 7 nitrogen and oxygen atoms in total. The van der Waals surface area contributed by atoms with Gasteiger partial charge in [-0.2, -0.15) is 15.0 Å². The summed E-state index contributed by atoms with van der Waals surface area (Å²) in [6, 6.07) is 0. The van der Waals surface area contributed by atoms with E-state index < -0.39 is 0 Å². The quantitative estimate of drug-likeness (QED) is 0.853. The monoisotopic (exact) mass is 278 g/mol. The SMILES string of the molecule is CC1OCCC1(C)Nc1nc(N)nc(N2CCCC2)n1. The van der Waals surface area contributed by atoms with Crippen LogP contribution in [-0.2, 0) is 4.74 Å². The first-order valence-corrected chi connectivity index (χ1v) is 7.23. The van der Waals surface area contributed by atoms with E-state index in [2.05, 4.69) is 39.0 Å². The predicted molar refractivity (Wildman–Crippen MR) is 77.7 cm³/mol. The number of nitrogen functional groups attached to an aromatic ring is 1. The van der Waals surface area contributed by atoms with E-state index in [0.29, 0.717) is 11.9 Å². The topological polar surface area (TPSA) is 89.2 Å². The fourth-order valence-corrected chi connectivity index (χ4v) is 2.75. The molecule has 7 heteroatoms. The van der Waals surface area contributed by atoms with E-state index >= 15 is 0 Å². The molecule has 20 heavy (non-hydrogen) atoms. The summed E-state index contributed by atoms with van der Waals surface area (Å²) in [7, 11) is 0. The van der Waals surface area contributed by atoms with Crippen molar-refractivity contribution in [3.63, 3.8) is 0 Å². The predicted octanol–water partition coefficient (Wildman–Crippen LogP) is 1.03. The van der Waals surface area contributed by atoms with E-state index in [4.69, 9.17) is 10.5 Å². The minimum absolute atomic E-state index is 0.121. The van der Waals surface area contributed by atoms with E-state index in [1.54, 1.807) is 0 Å². The van der Waals surface area contributed by atoms with Gasteiger partial charge in [0.2, 0.25) is 17.8 Å². The highest BCUT2D eigenvalue weighted by molar-refractivity contribution is 5.44. The molecule has 1 aromatic rings. The van der Waals surface area contributed by atoms with Crippen molar-refractivity contribution in [1.82, 2.24) is 15.0 Å². The number of nitrogens with one attached hydrogen (secondary N) is 1. The minimum Gasteiger partial charge on any atom is -0.376 e. The fourth-order valence-electron chi connectivity index (χ4n) is 2.75. The van der Waals surface area contributed by atoms with E-state index in [1.807, 2.05) is 0 Å². The molecular weight excluding hydrogens is 256 g/mol. The lowest BCUT2D eigenvalue weighted by atomic mass is 9.95. The van der Waals surface area contributed by atoms with Crippen molar-refractivity contribution in [2.24, 2.45) is 0 Å². The molecule has 0 radical (unpaired) electrons. The maximum absolute atomic E-state index is 5.82. The molecule has 0 bridgehead atoms. The summed E-state index contributed by atoms with van der Waals surface area (Å²) in [6.07, 6.45) is 3.41. The molecule has 2 saturated heterocycles. The van der Waals surface area contributed by atoms with Gasteiger partial charge in [0.05, 0.1) is 11.6 Å². The molecule has 2 unspecified atom stereocenters. The lowest BCUT2D eigenvalue weighted by Crippen LogP contribution is -2.42. The zero-order valence-electron chi connectivity index (χ0n) is 12.1. The van der Waals surface area contributed by atoms with Crippen LogP contribution in [0.2, 0.25) is 0 Å². The molecule has 2 aliphatic heterocycles. The molecule has 3 heterocycles. The second kappa shape index (κ2) is 5.05. The number of nitrogens with two attached hydrogens (primary N) is 1. The molecule has 110 valence electrons. The van der Waals surface area contributed by atoms with Crippen LogP contribution in [0.25, 0.3) is 0 Å². The third kappa shape index (κ3) is 2.49. The van der Waals surface area contributed by atoms with Crippen molar-refractivity contribution < 1.29 is 4.74 Å². The summed E-state index contributed by atoms with van der Waals surface area (Å²) in [5, 5.41) is 3.38. The number of hydrogen-bond donors (Lipinski definition) is 2. The van der Waals surface area contributed by atoms with Gasteiger partial charge in [-0.15, -0.1) is 0 Å². The Morgan fingerprint density at radius 3 is 2.70 bits per heavy atom. The number of nitrogens with zero attached hydrogens (tertiary/aromatic N) is 4. The molecular formula is C13H22N6O. The van der Waals surface area contributed by atoms with Crippen molar-refractivity contribution in [2.45, 2.75) is 44.8 Å². The van der Waals surface area contributed by atoms with Gasteiger partial charge in [-0.05, 0) is 33.1 Å². The third-order valence-electron chi connectivity index (χ3n) is 4.31. The first kappa shape index (κ1) is 13.4. The van der Waals surface area contributed by atoms with Crippen LogP contribution >= 0.6 is 0 Å². The van der Waals surface area contributed by atoms with Crippen LogP contribution in [0.15, 0.2) is 0 Å². The van der Waals surface area contributed by atoms with Gasteiger partial charge in [0.15, 0.2) is 0 Å². The van der Waals surface area contributed by atoms with E-state index in [9.17, 15) is 0 Å². The largest absolute Gasteiger partial charge is 0.376 e. The fraction of sp³-hybridized carbons (Fsp3) is 0.769. The molecule has 3 rings (SSSR count). The van der Waals surface area contributed by atoms with Gasteiger partial charge in [-0.3, -0.25) is 0 Å². The Labute approximate surface area is 118 Å². The summed E-state index contributed by atoms with van der Waals surface area (Å²) in [5.74, 6) is 1.48. The Morgan fingerprint density at radius 2 is 2.05 bits per heavy atom. The number of hydrogen-bond acceptors (Lipinski definition) is 7. The molecule has 0 aliphatic carbocycles. The van der Waals surface area contributed by atoms with Crippen molar-refractivity contribution in [2.75, 3.05) is 35.6 Å². The van der Waals surface area contributed by atoms with Gasteiger partial charge in [0.1, 0.15) is 0 Å². The van der Waals surface area contributed by atoms with E-state index in [0.717, 1.165) is 26.1 Å². The van der Waals surface area contributed by atoms with Crippen LogP contribution in [0.4, 0.5) is 17.8 Å². The Balaban J connectivity index is 1.82. The molecule has 0 saturated carbocycles. The number of ether oxygens (including phenoxy) is 1. The summed E-state index contributed by atoms with van der Waals surface area (Å²) in [6.45, 7) is 6.91. The minimum atomic E-state index is -0.157. The van der Waals surface area contributed by atoms with Gasteiger partial charge in [0, 0.05) is 19.7 Å². The first-order chi connectivity index (χ1) is 9.57. The van der Waals surface area contributed by atoms with Crippen molar-refractivity contribution in [3.8, 4) is 0 Å². The normalized spacial score (nSPS) is 29.9. The van der Waals surface area contributed by atoms with E-state index in [1.165, 1.54) is 12.8 Å². The number of rotatable bonds is 3. The van der Waals surface area contributed by atoms with Crippen molar-refractivity contribution in [3.05, 3.63) is 0 Å². The highest BCUT2D eigenvalue weighted by Gasteiger charge is 2.37. The highest BCUT2D eigenvalue weighted by atomic mass is 16.5. The van der Waals surface area contributed by atoms with Crippen LogP contribution in [0, 0.1) is 0 Å². The van der Waals surface area contributed by atoms with Crippen LogP contribution in [0.3, 0.4) is 0 Å². The Bertz CT molecular complexity index is 490. The Hall–Kier alpha value is -1.63. The second-order valence-corrected chi connectivity index (χ2v) is 5.82. The molecule has 3 N–H and O–H groups in total. The zero-order chi connectivity index (χ0) is 14.2. The molecule has 2 atom stereocenters. The maximum Gasteiger partial charge on any atom is 0.231 e. The lowest BCUT2D eigenvalue weighted by Gasteiger charge is -2.29. The molecule has 2 aliphatic rings. The third-order valence-corrected chi connectivity index (χ3v) is 4.31. The Kier molecular flexibility index (Phi) is 3.37. The summed E-state index contributed by atoms with van der Waals surface area (Å²) >= 11 is 0. The molecule has 1 aromatic heterocycles.